The molecule has 0 heterocycles. The van der Waals surface area contributed by atoms with Crippen LogP contribution in [0, 0.1) is 0 Å². The summed E-state index contributed by atoms with van der Waals surface area (Å²) in [5.74, 6) is -8.06. The van der Waals surface area contributed by atoms with Crippen LogP contribution in [0.3, 0.4) is 0 Å². The fourth-order valence-corrected chi connectivity index (χ4v) is 0.666. The second-order valence-electron chi connectivity index (χ2n) is 1.65. The number of rotatable bonds is 2. The maximum Gasteiger partial charge on any atom is 0.374 e. The minimum atomic E-state index is -5.21. The molecule has 0 radical (unpaired) electrons. The van der Waals surface area contributed by atoms with Crippen molar-refractivity contribution in [3.8, 4) is 0 Å². The summed E-state index contributed by atoms with van der Waals surface area (Å²) in [5, 5.41) is 0. The molecule has 0 N–H and O–H groups in total. The van der Waals surface area contributed by atoms with Crippen molar-refractivity contribution in [1.29, 1.82) is 0 Å². The zero-order chi connectivity index (χ0) is 10.2. The van der Waals surface area contributed by atoms with E-state index < -0.39 is 21.3 Å². The molecule has 0 fully saturated rings. The zero-order valence-corrected chi connectivity index (χ0v) is 8.20. The molecule has 0 aromatic carbocycles. The first kappa shape index (κ1) is 12.3. The average Bonchev–Trinajstić information content (AvgIpc) is 1.83. The molecule has 0 aliphatic heterocycles. The van der Waals surface area contributed by atoms with Gasteiger partial charge in [-0.2, -0.15) is 22.0 Å². The highest BCUT2D eigenvalue weighted by Gasteiger charge is 2.59. The van der Waals surface area contributed by atoms with Gasteiger partial charge in [-0.05, 0) is 31.9 Å². The molecule has 0 aliphatic rings. The molecule has 0 aromatic heterocycles. The Kier molecular flexibility index (Phi) is 3.65. The van der Waals surface area contributed by atoms with Crippen LogP contribution in [0.15, 0.2) is 10.6 Å². The lowest BCUT2D eigenvalue weighted by atomic mass is 10.3. The van der Waals surface area contributed by atoms with Crippen molar-refractivity contribution in [1.82, 2.24) is 0 Å². The van der Waals surface area contributed by atoms with E-state index in [9.17, 15) is 26.3 Å². The first-order chi connectivity index (χ1) is 5.10. The molecule has 0 bridgehead atoms. The zero-order valence-electron chi connectivity index (χ0n) is 5.02. The Hall–Kier alpha value is 0.280. The van der Waals surface area contributed by atoms with Crippen molar-refractivity contribution in [2.24, 2.45) is 0 Å². The van der Waals surface area contributed by atoms with Gasteiger partial charge >= 0.3 is 10.8 Å². The SMILES string of the molecule is FC(Br)=C(F)C(F)(F)C(F)(F)Br. The molecule has 8 heteroatoms. The van der Waals surface area contributed by atoms with E-state index in [4.69, 9.17) is 0 Å². The average molecular weight is 322 g/mol. The standard InChI is InChI=1S/C4Br2F6/c5-2(8)1(7)3(9,10)4(6,11)12. The molecule has 0 rings (SSSR count). The summed E-state index contributed by atoms with van der Waals surface area (Å²) in [6, 6.07) is 0. The summed E-state index contributed by atoms with van der Waals surface area (Å²) in [7, 11) is 0. The van der Waals surface area contributed by atoms with Crippen LogP contribution in [-0.2, 0) is 0 Å². The molecule has 0 saturated heterocycles. The van der Waals surface area contributed by atoms with Crippen molar-refractivity contribution in [2.45, 2.75) is 10.8 Å². The van der Waals surface area contributed by atoms with Crippen LogP contribution in [0.1, 0.15) is 0 Å². The Morgan fingerprint density at radius 2 is 1.33 bits per heavy atom. The Bertz CT molecular complexity index is 200. The first-order valence-corrected chi connectivity index (χ1v) is 3.85. The van der Waals surface area contributed by atoms with Gasteiger partial charge in [0.25, 0.3) is 0 Å². The Morgan fingerprint density at radius 1 is 1.00 bits per heavy atom. The van der Waals surface area contributed by atoms with Crippen molar-refractivity contribution >= 4 is 31.9 Å². The molecule has 0 atom stereocenters. The van der Waals surface area contributed by atoms with Gasteiger partial charge in [-0.1, -0.05) is 0 Å². The molecule has 0 saturated carbocycles. The third-order valence-corrected chi connectivity index (χ3v) is 1.64. The van der Waals surface area contributed by atoms with E-state index in [2.05, 4.69) is 0 Å². The van der Waals surface area contributed by atoms with Gasteiger partial charge in [-0.3, -0.25) is 0 Å². The maximum atomic E-state index is 12.1. The number of hydrogen-bond donors (Lipinski definition) is 0. The second-order valence-corrected chi connectivity index (χ2v) is 3.34. The van der Waals surface area contributed by atoms with Crippen molar-refractivity contribution in [2.75, 3.05) is 0 Å². The largest absolute Gasteiger partial charge is 0.374 e. The minimum Gasteiger partial charge on any atom is -0.201 e. The summed E-state index contributed by atoms with van der Waals surface area (Å²) in [6.07, 6.45) is 0. The van der Waals surface area contributed by atoms with E-state index in [0.717, 1.165) is 0 Å². The van der Waals surface area contributed by atoms with Gasteiger partial charge in [0.05, 0.1) is 0 Å². The van der Waals surface area contributed by atoms with Gasteiger partial charge in [-0.15, -0.1) is 0 Å². The van der Waals surface area contributed by atoms with Crippen LogP contribution < -0.4 is 0 Å². The second kappa shape index (κ2) is 3.57. The predicted octanol–water partition coefficient (Wildman–Crippen LogP) is 4.11. The lowest BCUT2D eigenvalue weighted by molar-refractivity contribution is -0.132. The summed E-state index contributed by atoms with van der Waals surface area (Å²) < 4.78 is 69.3. The van der Waals surface area contributed by atoms with Gasteiger partial charge in [-0.25, -0.2) is 4.39 Å². The van der Waals surface area contributed by atoms with Crippen LogP contribution in [0.5, 0.6) is 0 Å². The van der Waals surface area contributed by atoms with Gasteiger partial charge in [0.1, 0.15) is 0 Å². The normalized spacial score (nSPS) is 16.0. The number of hydrogen-bond acceptors (Lipinski definition) is 0. The van der Waals surface area contributed by atoms with E-state index >= 15 is 0 Å². The molecule has 0 amide bonds. The molecule has 0 aliphatic carbocycles. The van der Waals surface area contributed by atoms with E-state index in [1.165, 1.54) is 15.9 Å². The molecular formula is C4Br2F6. The first-order valence-electron chi connectivity index (χ1n) is 2.26. The van der Waals surface area contributed by atoms with Crippen LogP contribution in [0.2, 0.25) is 0 Å². The van der Waals surface area contributed by atoms with Crippen molar-refractivity contribution in [3.63, 3.8) is 0 Å². The Labute approximate surface area is 79.9 Å². The third kappa shape index (κ3) is 2.38. The fourth-order valence-electron chi connectivity index (χ4n) is 0.243. The van der Waals surface area contributed by atoms with E-state index in [0.29, 0.717) is 0 Å². The highest BCUT2D eigenvalue weighted by atomic mass is 79.9. The fraction of sp³-hybridized carbons (Fsp3) is 0.500. The van der Waals surface area contributed by atoms with Gasteiger partial charge in [0.15, 0.2) is 0 Å². The number of alkyl halides is 5. The summed E-state index contributed by atoms with van der Waals surface area (Å²) in [5.41, 5.74) is 0. The Balaban J connectivity index is 5.01. The maximum absolute atomic E-state index is 12.1. The highest BCUT2D eigenvalue weighted by Crippen LogP contribution is 2.46. The van der Waals surface area contributed by atoms with Gasteiger partial charge in [0.2, 0.25) is 10.6 Å². The van der Waals surface area contributed by atoms with Crippen LogP contribution in [0.25, 0.3) is 0 Å². The number of halogens is 8. The van der Waals surface area contributed by atoms with Crippen LogP contribution in [0.4, 0.5) is 26.3 Å². The molecule has 0 unspecified atom stereocenters. The van der Waals surface area contributed by atoms with E-state index in [-0.39, 0.29) is 0 Å². The summed E-state index contributed by atoms with van der Waals surface area (Å²) in [6.45, 7) is 0. The molecule has 72 valence electrons. The van der Waals surface area contributed by atoms with Gasteiger partial charge in [0, 0.05) is 0 Å². The molecule has 12 heavy (non-hydrogen) atoms. The lowest BCUT2D eigenvalue weighted by Gasteiger charge is -2.18. The van der Waals surface area contributed by atoms with Crippen molar-refractivity contribution in [3.05, 3.63) is 10.6 Å². The van der Waals surface area contributed by atoms with Crippen LogP contribution >= 0.6 is 31.9 Å². The predicted molar refractivity (Wildman–Crippen MR) is 37.0 cm³/mol. The smallest absolute Gasteiger partial charge is 0.201 e. The third-order valence-electron chi connectivity index (χ3n) is 0.798. The molecule has 0 nitrogen and oxygen atoms in total. The molecule has 0 spiro atoms. The molecular weight excluding hydrogens is 322 g/mol. The number of allylic oxidation sites excluding steroid dienone is 1. The summed E-state index contributed by atoms with van der Waals surface area (Å²) >= 11 is 2.90. The summed E-state index contributed by atoms with van der Waals surface area (Å²) in [4.78, 5) is -4.82. The monoisotopic (exact) mass is 320 g/mol. The topological polar surface area (TPSA) is 0 Å². The van der Waals surface area contributed by atoms with Gasteiger partial charge < -0.3 is 0 Å². The van der Waals surface area contributed by atoms with Crippen molar-refractivity contribution < 1.29 is 26.3 Å². The Morgan fingerprint density at radius 3 is 1.42 bits per heavy atom. The van der Waals surface area contributed by atoms with E-state index in [1.54, 1.807) is 15.9 Å². The minimum absolute atomic E-state index is 1.22. The lowest BCUT2D eigenvalue weighted by Crippen LogP contribution is -2.35. The molecule has 0 aromatic rings. The highest BCUT2D eigenvalue weighted by molar-refractivity contribution is 9.11. The van der Waals surface area contributed by atoms with Crippen LogP contribution in [-0.4, -0.2) is 10.8 Å². The van der Waals surface area contributed by atoms with E-state index in [1.807, 2.05) is 0 Å². The quantitative estimate of drug-likeness (QED) is 0.530.